The first-order chi connectivity index (χ1) is 12.6. The fourth-order valence-electron chi connectivity index (χ4n) is 2.96. The summed E-state index contributed by atoms with van der Waals surface area (Å²) in [5, 5.41) is 0. The number of nitrogens with zero attached hydrogens (tertiary/aromatic N) is 1. The van der Waals surface area contributed by atoms with Crippen molar-refractivity contribution in [2.75, 3.05) is 26.3 Å². The molecule has 1 amide bonds. The Morgan fingerprint density at radius 2 is 1.73 bits per heavy atom. The summed E-state index contributed by atoms with van der Waals surface area (Å²) in [5.74, 6) is -0.695. The van der Waals surface area contributed by atoms with Crippen molar-refractivity contribution >= 4 is 11.9 Å². The van der Waals surface area contributed by atoms with E-state index in [1.165, 1.54) is 0 Å². The Balaban J connectivity index is 1.87. The summed E-state index contributed by atoms with van der Waals surface area (Å²) >= 11 is 0. The SMILES string of the molecule is Cc1ccc(C)c(C(=O)O[C@@H](C(=O)N2CCOCC2)c2ccccc2)c1. The predicted molar refractivity (Wildman–Crippen MR) is 97.9 cm³/mol. The van der Waals surface area contributed by atoms with Crippen molar-refractivity contribution in [1.82, 2.24) is 4.90 Å². The van der Waals surface area contributed by atoms with Gasteiger partial charge in [-0.2, -0.15) is 0 Å². The van der Waals surface area contributed by atoms with Gasteiger partial charge in [0.2, 0.25) is 6.10 Å². The first kappa shape index (κ1) is 18.1. The molecule has 0 bridgehead atoms. The van der Waals surface area contributed by atoms with E-state index >= 15 is 0 Å². The van der Waals surface area contributed by atoms with Crippen molar-refractivity contribution in [2.24, 2.45) is 0 Å². The van der Waals surface area contributed by atoms with Gasteiger partial charge in [0.05, 0.1) is 18.8 Å². The quantitative estimate of drug-likeness (QED) is 0.793. The van der Waals surface area contributed by atoms with E-state index in [-0.39, 0.29) is 5.91 Å². The summed E-state index contributed by atoms with van der Waals surface area (Å²) in [5.41, 5.74) is 2.95. The molecule has 1 saturated heterocycles. The third-order valence-electron chi connectivity index (χ3n) is 4.49. The van der Waals surface area contributed by atoms with Crippen LogP contribution in [0.1, 0.15) is 33.2 Å². The number of carbonyl (C=O) groups excluding carboxylic acids is 2. The van der Waals surface area contributed by atoms with Crippen molar-refractivity contribution in [3.8, 4) is 0 Å². The van der Waals surface area contributed by atoms with Gasteiger partial charge >= 0.3 is 5.97 Å². The highest BCUT2D eigenvalue weighted by atomic mass is 16.5. The number of carbonyl (C=O) groups is 2. The molecule has 3 rings (SSSR count). The first-order valence-corrected chi connectivity index (χ1v) is 8.76. The molecule has 0 radical (unpaired) electrons. The summed E-state index contributed by atoms with van der Waals surface area (Å²) < 4.78 is 11.0. The molecule has 0 unspecified atom stereocenters. The zero-order chi connectivity index (χ0) is 18.5. The zero-order valence-electron chi connectivity index (χ0n) is 15.1. The van der Waals surface area contributed by atoms with Crippen LogP contribution in [0.15, 0.2) is 48.5 Å². The number of hydrogen-bond acceptors (Lipinski definition) is 4. The number of esters is 1. The fourth-order valence-corrected chi connectivity index (χ4v) is 2.96. The van der Waals surface area contributed by atoms with Gasteiger partial charge in [-0.25, -0.2) is 4.79 Å². The van der Waals surface area contributed by atoms with Crippen molar-refractivity contribution in [3.05, 3.63) is 70.8 Å². The Labute approximate surface area is 153 Å². The highest BCUT2D eigenvalue weighted by Crippen LogP contribution is 2.24. The number of aryl methyl sites for hydroxylation is 2. The lowest BCUT2D eigenvalue weighted by Crippen LogP contribution is -2.44. The summed E-state index contributed by atoms with van der Waals surface area (Å²) in [6.45, 7) is 5.78. The monoisotopic (exact) mass is 353 g/mol. The van der Waals surface area contributed by atoms with Gasteiger partial charge in [-0.1, -0.05) is 48.0 Å². The Hall–Kier alpha value is -2.66. The van der Waals surface area contributed by atoms with E-state index in [1.807, 2.05) is 44.2 Å². The summed E-state index contributed by atoms with van der Waals surface area (Å²) in [4.78, 5) is 27.5. The van der Waals surface area contributed by atoms with E-state index in [0.29, 0.717) is 37.4 Å². The first-order valence-electron chi connectivity index (χ1n) is 8.76. The standard InChI is InChI=1S/C21H23NO4/c1-15-8-9-16(2)18(14-15)21(24)26-19(17-6-4-3-5-7-17)20(23)22-10-12-25-13-11-22/h3-9,14,19H,10-13H2,1-2H3/t19-/m1/s1. The molecule has 1 heterocycles. The second-order valence-electron chi connectivity index (χ2n) is 6.45. The van der Waals surface area contributed by atoms with E-state index in [2.05, 4.69) is 0 Å². The van der Waals surface area contributed by atoms with Gasteiger partial charge in [0.25, 0.3) is 5.91 Å². The summed E-state index contributed by atoms with van der Waals surface area (Å²) in [7, 11) is 0. The molecule has 1 fully saturated rings. The molecule has 5 nitrogen and oxygen atoms in total. The highest BCUT2D eigenvalue weighted by molar-refractivity contribution is 5.94. The van der Waals surface area contributed by atoms with Gasteiger partial charge in [-0.15, -0.1) is 0 Å². The van der Waals surface area contributed by atoms with Gasteiger partial charge in [-0.05, 0) is 25.5 Å². The number of amides is 1. The smallest absolute Gasteiger partial charge is 0.339 e. The molecule has 0 saturated carbocycles. The average Bonchev–Trinajstić information content (AvgIpc) is 2.68. The lowest BCUT2D eigenvalue weighted by Gasteiger charge is -2.30. The molecular weight excluding hydrogens is 330 g/mol. The third-order valence-corrected chi connectivity index (χ3v) is 4.49. The number of rotatable bonds is 4. The predicted octanol–water partition coefficient (Wildman–Crippen LogP) is 3.06. The minimum atomic E-state index is -0.957. The van der Waals surface area contributed by atoms with Crippen molar-refractivity contribution in [2.45, 2.75) is 20.0 Å². The van der Waals surface area contributed by atoms with Crippen LogP contribution in [-0.4, -0.2) is 43.1 Å². The average molecular weight is 353 g/mol. The molecule has 1 aliphatic heterocycles. The summed E-state index contributed by atoms with van der Waals surface area (Å²) in [6, 6.07) is 14.8. The number of hydrogen-bond donors (Lipinski definition) is 0. The Kier molecular flexibility index (Phi) is 5.68. The number of benzene rings is 2. The van der Waals surface area contributed by atoms with E-state index < -0.39 is 12.1 Å². The maximum atomic E-state index is 13.0. The van der Waals surface area contributed by atoms with Gasteiger partial charge < -0.3 is 14.4 Å². The molecule has 5 heteroatoms. The van der Waals surface area contributed by atoms with Crippen LogP contribution in [0.3, 0.4) is 0 Å². The second kappa shape index (κ2) is 8.15. The molecular formula is C21H23NO4. The molecule has 2 aromatic rings. The minimum absolute atomic E-state index is 0.210. The molecule has 26 heavy (non-hydrogen) atoms. The van der Waals surface area contributed by atoms with E-state index in [4.69, 9.17) is 9.47 Å². The van der Waals surface area contributed by atoms with E-state index in [9.17, 15) is 9.59 Å². The van der Waals surface area contributed by atoms with E-state index in [0.717, 1.165) is 11.1 Å². The summed E-state index contributed by atoms with van der Waals surface area (Å²) in [6.07, 6.45) is -0.957. The zero-order valence-corrected chi connectivity index (χ0v) is 15.1. The normalized spacial score (nSPS) is 15.4. The molecule has 0 aliphatic carbocycles. The van der Waals surface area contributed by atoms with Crippen LogP contribution >= 0.6 is 0 Å². The van der Waals surface area contributed by atoms with Crippen LogP contribution in [0.5, 0.6) is 0 Å². The van der Waals surface area contributed by atoms with Crippen LogP contribution in [0, 0.1) is 13.8 Å². The van der Waals surface area contributed by atoms with Crippen molar-refractivity contribution < 1.29 is 19.1 Å². The maximum Gasteiger partial charge on any atom is 0.339 e. The van der Waals surface area contributed by atoms with E-state index in [1.54, 1.807) is 23.1 Å². The van der Waals surface area contributed by atoms with Crippen LogP contribution in [0.4, 0.5) is 0 Å². The Morgan fingerprint density at radius 3 is 2.42 bits per heavy atom. The molecule has 136 valence electrons. The minimum Gasteiger partial charge on any atom is -0.444 e. The molecule has 0 N–H and O–H groups in total. The number of ether oxygens (including phenoxy) is 2. The Morgan fingerprint density at radius 1 is 1.04 bits per heavy atom. The molecule has 0 spiro atoms. The molecule has 2 aromatic carbocycles. The van der Waals surface area contributed by atoms with Crippen molar-refractivity contribution in [3.63, 3.8) is 0 Å². The molecule has 1 aliphatic rings. The van der Waals surface area contributed by atoms with Crippen LogP contribution in [-0.2, 0) is 14.3 Å². The fraction of sp³-hybridized carbons (Fsp3) is 0.333. The number of morpholine rings is 1. The lowest BCUT2D eigenvalue weighted by molar-refractivity contribution is -0.145. The highest BCUT2D eigenvalue weighted by Gasteiger charge is 2.31. The van der Waals surface area contributed by atoms with Gasteiger partial charge in [0, 0.05) is 18.7 Å². The topological polar surface area (TPSA) is 55.8 Å². The maximum absolute atomic E-state index is 13.0. The largest absolute Gasteiger partial charge is 0.444 e. The lowest BCUT2D eigenvalue weighted by atomic mass is 10.0. The van der Waals surface area contributed by atoms with Gasteiger partial charge in [0.1, 0.15) is 0 Å². The molecule has 0 aromatic heterocycles. The van der Waals surface area contributed by atoms with Gasteiger partial charge in [-0.3, -0.25) is 4.79 Å². The molecule has 1 atom stereocenters. The van der Waals surface area contributed by atoms with Crippen LogP contribution in [0.25, 0.3) is 0 Å². The van der Waals surface area contributed by atoms with Crippen molar-refractivity contribution in [1.29, 1.82) is 0 Å². The Bertz CT molecular complexity index is 782. The third kappa shape index (κ3) is 4.11. The van der Waals surface area contributed by atoms with Crippen LogP contribution < -0.4 is 0 Å². The van der Waals surface area contributed by atoms with Gasteiger partial charge in [0.15, 0.2) is 0 Å². The second-order valence-corrected chi connectivity index (χ2v) is 6.45. The van der Waals surface area contributed by atoms with Crippen LogP contribution in [0.2, 0.25) is 0 Å².